The van der Waals surface area contributed by atoms with Gasteiger partial charge in [-0.05, 0) is 48.4 Å². The van der Waals surface area contributed by atoms with Gasteiger partial charge in [0.2, 0.25) is 17.6 Å². The molecule has 1 aromatic heterocycles. The Morgan fingerprint density at radius 3 is 2.38 bits per heavy atom. The molecule has 2 heterocycles. The van der Waals surface area contributed by atoms with E-state index in [-0.39, 0.29) is 23.3 Å². The largest absolute Gasteiger partial charge is 0.345 e. The third kappa shape index (κ3) is 6.63. The van der Waals surface area contributed by atoms with E-state index in [1.54, 1.807) is 0 Å². The number of hydrogen-bond donors (Lipinski definition) is 1. The molecule has 1 aliphatic rings. The number of hydrogen-bond acceptors (Lipinski definition) is 5. The maximum absolute atomic E-state index is 13.5. The molecule has 1 saturated heterocycles. The van der Waals surface area contributed by atoms with Crippen LogP contribution in [0.25, 0.3) is 11.4 Å². The molecule has 0 saturated carbocycles. The van der Waals surface area contributed by atoms with Crippen molar-refractivity contribution in [2.24, 2.45) is 5.92 Å². The van der Waals surface area contributed by atoms with Crippen LogP contribution in [-0.4, -0.2) is 34.0 Å². The fourth-order valence-corrected chi connectivity index (χ4v) is 5.18. The Bertz CT molecular complexity index is 1370. The molecule has 1 fully saturated rings. The summed E-state index contributed by atoms with van der Waals surface area (Å²) in [7, 11) is 0. The van der Waals surface area contributed by atoms with Crippen molar-refractivity contribution in [1.29, 1.82) is 0 Å². The second-order valence-electron chi connectivity index (χ2n) is 11.7. The van der Waals surface area contributed by atoms with Gasteiger partial charge in [-0.2, -0.15) is 4.98 Å². The summed E-state index contributed by atoms with van der Waals surface area (Å²) in [4.78, 5) is 20.4. The SMILES string of the molecule is Cc1ccc(C(NC(=O)C2CCCN(Cc3nc(-c4ccc(C(C)(C)C)cc4)no3)C2)c2ccccc2)cc1. The highest BCUT2D eigenvalue weighted by molar-refractivity contribution is 5.80. The number of carbonyl (C=O) groups is 1. The summed E-state index contributed by atoms with van der Waals surface area (Å²) < 4.78 is 5.60. The number of piperidine rings is 1. The predicted octanol–water partition coefficient (Wildman–Crippen LogP) is 6.46. The number of benzene rings is 3. The number of nitrogens with one attached hydrogen (secondary N) is 1. The molecule has 3 aromatic carbocycles. The lowest BCUT2D eigenvalue weighted by Crippen LogP contribution is -2.43. The Kier molecular flexibility index (Phi) is 7.94. The highest BCUT2D eigenvalue weighted by Gasteiger charge is 2.29. The standard InChI is InChI=1S/C33H38N4O2/c1-23-12-14-25(15-13-23)30(24-9-6-5-7-10-24)35-32(38)27-11-8-20-37(21-27)22-29-34-31(36-39-29)26-16-18-28(19-17-26)33(2,3)4/h5-7,9-10,12-19,27,30H,8,11,20-22H2,1-4H3,(H,35,38). The van der Waals surface area contributed by atoms with E-state index in [0.717, 1.165) is 36.1 Å². The average Bonchev–Trinajstić information content (AvgIpc) is 3.41. The van der Waals surface area contributed by atoms with Crippen LogP contribution in [0, 0.1) is 12.8 Å². The van der Waals surface area contributed by atoms with Gasteiger partial charge in [-0.15, -0.1) is 0 Å². The van der Waals surface area contributed by atoms with Gasteiger partial charge in [0.05, 0.1) is 18.5 Å². The summed E-state index contributed by atoms with van der Waals surface area (Å²) in [6.07, 6.45) is 1.82. The second-order valence-corrected chi connectivity index (χ2v) is 11.7. The topological polar surface area (TPSA) is 71.3 Å². The molecule has 2 unspecified atom stereocenters. The van der Waals surface area contributed by atoms with Crippen LogP contribution in [0.2, 0.25) is 0 Å². The van der Waals surface area contributed by atoms with Gasteiger partial charge in [0, 0.05) is 12.1 Å². The Morgan fingerprint density at radius 2 is 1.69 bits per heavy atom. The number of rotatable bonds is 7. The minimum Gasteiger partial charge on any atom is -0.345 e. The molecule has 1 amide bonds. The maximum atomic E-state index is 13.5. The summed E-state index contributed by atoms with van der Waals surface area (Å²) in [6.45, 7) is 10.8. The van der Waals surface area contributed by atoms with Crippen LogP contribution in [0.4, 0.5) is 0 Å². The molecular weight excluding hydrogens is 484 g/mol. The number of amides is 1. The van der Waals surface area contributed by atoms with Gasteiger partial charge in [0.15, 0.2) is 0 Å². The number of likely N-dealkylation sites (tertiary alicyclic amines) is 1. The second kappa shape index (κ2) is 11.5. The molecule has 1 N–H and O–H groups in total. The Hall–Kier alpha value is -3.77. The molecule has 39 heavy (non-hydrogen) atoms. The van der Waals surface area contributed by atoms with Crippen molar-refractivity contribution in [2.45, 2.75) is 58.5 Å². The molecule has 202 valence electrons. The lowest BCUT2D eigenvalue weighted by atomic mass is 9.87. The Morgan fingerprint density at radius 1 is 1.00 bits per heavy atom. The van der Waals surface area contributed by atoms with E-state index in [4.69, 9.17) is 4.52 Å². The van der Waals surface area contributed by atoms with Crippen molar-refractivity contribution >= 4 is 5.91 Å². The number of aryl methyl sites for hydroxylation is 1. The Balaban J connectivity index is 1.24. The van der Waals surface area contributed by atoms with E-state index in [1.165, 1.54) is 11.1 Å². The zero-order valence-electron chi connectivity index (χ0n) is 23.4. The first-order chi connectivity index (χ1) is 18.8. The van der Waals surface area contributed by atoms with Gasteiger partial charge in [0.1, 0.15) is 0 Å². The quantitative estimate of drug-likeness (QED) is 0.302. The van der Waals surface area contributed by atoms with Crippen molar-refractivity contribution in [3.63, 3.8) is 0 Å². The molecule has 2 atom stereocenters. The predicted molar refractivity (Wildman–Crippen MR) is 154 cm³/mol. The Labute approximate surface area is 231 Å². The molecule has 1 aliphatic heterocycles. The molecule has 6 heteroatoms. The fourth-order valence-electron chi connectivity index (χ4n) is 5.18. The molecule has 0 spiro atoms. The molecule has 6 nitrogen and oxygen atoms in total. The zero-order chi connectivity index (χ0) is 27.4. The number of carbonyl (C=O) groups excluding carboxylic acids is 1. The fraction of sp³-hybridized carbons (Fsp3) is 0.364. The highest BCUT2D eigenvalue weighted by Crippen LogP contribution is 2.27. The average molecular weight is 523 g/mol. The summed E-state index contributed by atoms with van der Waals surface area (Å²) in [5, 5.41) is 7.57. The van der Waals surface area contributed by atoms with Crippen molar-refractivity contribution in [3.05, 3.63) is 107 Å². The first-order valence-electron chi connectivity index (χ1n) is 13.8. The van der Waals surface area contributed by atoms with Crippen molar-refractivity contribution in [3.8, 4) is 11.4 Å². The first kappa shape index (κ1) is 26.8. The third-order valence-electron chi connectivity index (χ3n) is 7.54. The lowest BCUT2D eigenvalue weighted by Gasteiger charge is -2.32. The summed E-state index contributed by atoms with van der Waals surface area (Å²) in [5.41, 5.74) is 5.67. The summed E-state index contributed by atoms with van der Waals surface area (Å²) >= 11 is 0. The van der Waals surface area contributed by atoms with Crippen LogP contribution in [0.5, 0.6) is 0 Å². The zero-order valence-corrected chi connectivity index (χ0v) is 23.4. The lowest BCUT2D eigenvalue weighted by molar-refractivity contribution is -0.127. The minimum absolute atomic E-state index is 0.0827. The normalized spacial score (nSPS) is 17.1. The first-order valence-corrected chi connectivity index (χ1v) is 13.8. The van der Waals surface area contributed by atoms with E-state index in [9.17, 15) is 4.79 Å². The van der Waals surface area contributed by atoms with Gasteiger partial charge in [-0.3, -0.25) is 9.69 Å². The molecule has 0 aliphatic carbocycles. The maximum Gasteiger partial charge on any atom is 0.241 e. The van der Waals surface area contributed by atoms with E-state index >= 15 is 0 Å². The minimum atomic E-state index is -0.183. The van der Waals surface area contributed by atoms with E-state index < -0.39 is 0 Å². The van der Waals surface area contributed by atoms with Gasteiger partial charge in [-0.25, -0.2) is 0 Å². The van der Waals surface area contributed by atoms with Gasteiger partial charge in [0.25, 0.3) is 0 Å². The van der Waals surface area contributed by atoms with Gasteiger partial charge in [-0.1, -0.05) is 110 Å². The van der Waals surface area contributed by atoms with Crippen molar-refractivity contribution in [2.75, 3.05) is 13.1 Å². The van der Waals surface area contributed by atoms with Gasteiger partial charge >= 0.3 is 0 Å². The van der Waals surface area contributed by atoms with Crippen LogP contribution in [0.15, 0.2) is 83.4 Å². The van der Waals surface area contributed by atoms with E-state index in [1.807, 2.05) is 30.3 Å². The van der Waals surface area contributed by atoms with Crippen LogP contribution in [0.1, 0.15) is 67.8 Å². The van der Waals surface area contributed by atoms with Crippen LogP contribution >= 0.6 is 0 Å². The molecule has 0 bridgehead atoms. The van der Waals surface area contributed by atoms with Crippen LogP contribution < -0.4 is 5.32 Å². The van der Waals surface area contributed by atoms with Crippen LogP contribution in [-0.2, 0) is 16.8 Å². The number of nitrogens with zero attached hydrogens (tertiary/aromatic N) is 3. The smallest absolute Gasteiger partial charge is 0.241 e. The van der Waals surface area contributed by atoms with Crippen molar-refractivity contribution < 1.29 is 9.32 Å². The summed E-state index contributed by atoms with van der Waals surface area (Å²) in [6, 6.07) is 26.7. The highest BCUT2D eigenvalue weighted by atomic mass is 16.5. The van der Waals surface area contributed by atoms with E-state index in [0.29, 0.717) is 24.8 Å². The van der Waals surface area contributed by atoms with Crippen LogP contribution in [0.3, 0.4) is 0 Å². The monoisotopic (exact) mass is 522 g/mol. The number of aromatic nitrogens is 2. The molecule has 4 aromatic rings. The third-order valence-corrected chi connectivity index (χ3v) is 7.54. The molecular formula is C33H38N4O2. The summed E-state index contributed by atoms with van der Waals surface area (Å²) in [5.74, 6) is 1.16. The van der Waals surface area contributed by atoms with Crippen molar-refractivity contribution in [1.82, 2.24) is 20.4 Å². The molecule has 5 rings (SSSR count). The van der Waals surface area contributed by atoms with Gasteiger partial charge < -0.3 is 9.84 Å². The van der Waals surface area contributed by atoms with E-state index in [2.05, 4.69) is 96.6 Å². The molecule has 0 radical (unpaired) electrons.